The third-order valence-electron chi connectivity index (χ3n) is 2.32. The summed E-state index contributed by atoms with van der Waals surface area (Å²) in [6, 6.07) is 1.36. The number of rotatable bonds is 3. The molecule has 0 aliphatic heterocycles. The molecule has 0 saturated carbocycles. The van der Waals surface area contributed by atoms with Gasteiger partial charge in [0.05, 0.1) is 17.9 Å². The molecule has 1 amide bonds. The fourth-order valence-electron chi connectivity index (χ4n) is 1.11. The highest BCUT2D eigenvalue weighted by atomic mass is 16.2. The van der Waals surface area contributed by atoms with Gasteiger partial charge >= 0.3 is 0 Å². The summed E-state index contributed by atoms with van der Waals surface area (Å²) in [6.07, 6.45) is 3.31. The van der Waals surface area contributed by atoms with Crippen molar-refractivity contribution in [2.45, 2.75) is 26.8 Å². The normalized spacial score (nSPS) is 12.6. The van der Waals surface area contributed by atoms with Crippen LogP contribution in [0.5, 0.6) is 0 Å². The highest BCUT2D eigenvalue weighted by Crippen LogP contribution is 2.12. The number of aromatic nitrogens is 1. The minimum atomic E-state index is -0.482. The maximum atomic E-state index is 11.6. The van der Waals surface area contributed by atoms with Crippen molar-refractivity contribution in [2.24, 2.45) is 11.7 Å². The maximum Gasteiger partial charge on any atom is 0.241 e. The van der Waals surface area contributed by atoms with Crippen LogP contribution in [0.25, 0.3) is 0 Å². The van der Waals surface area contributed by atoms with Crippen molar-refractivity contribution >= 4 is 11.6 Å². The van der Waals surface area contributed by atoms with Crippen LogP contribution in [0.3, 0.4) is 0 Å². The van der Waals surface area contributed by atoms with Crippen LogP contribution < -0.4 is 11.1 Å². The van der Waals surface area contributed by atoms with Gasteiger partial charge in [0.15, 0.2) is 0 Å². The van der Waals surface area contributed by atoms with Crippen LogP contribution in [-0.2, 0) is 4.79 Å². The Bertz CT molecular complexity index is 349. The molecule has 0 spiro atoms. The molecule has 4 nitrogen and oxygen atoms in total. The first-order valence-electron chi connectivity index (χ1n) is 4.99. The number of aryl methyl sites for hydroxylation is 1. The molecule has 15 heavy (non-hydrogen) atoms. The van der Waals surface area contributed by atoms with Gasteiger partial charge in [-0.15, -0.1) is 0 Å². The number of nitrogens with zero attached hydrogens (tertiary/aromatic N) is 1. The smallest absolute Gasteiger partial charge is 0.241 e. The summed E-state index contributed by atoms with van der Waals surface area (Å²) in [5.41, 5.74) is 7.43. The number of carbonyl (C=O) groups excluding carboxylic acids is 1. The number of hydrogen-bond donors (Lipinski definition) is 2. The zero-order valence-electron chi connectivity index (χ0n) is 9.32. The van der Waals surface area contributed by atoms with Gasteiger partial charge in [0.2, 0.25) is 5.91 Å². The van der Waals surface area contributed by atoms with Gasteiger partial charge in [0.25, 0.3) is 0 Å². The van der Waals surface area contributed by atoms with Crippen molar-refractivity contribution in [3.05, 3.63) is 24.0 Å². The molecule has 0 radical (unpaired) electrons. The van der Waals surface area contributed by atoms with E-state index in [1.807, 2.05) is 26.8 Å². The van der Waals surface area contributed by atoms with E-state index in [9.17, 15) is 4.79 Å². The van der Waals surface area contributed by atoms with E-state index in [0.29, 0.717) is 0 Å². The maximum absolute atomic E-state index is 11.6. The van der Waals surface area contributed by atoms with E-state index < -0.39 is 6.04 Å². The number of amides is 1. The van der Waals surface area contributed by atoms with Gasteiger partial charge in [-0.3, -0.25) is 9.78 Å². The molecule has 1 aromatic rings. The molecule has 1 atom stereocenters. The average molecular weight is 207 g/mol. The molecule has 0 unspecified atom stereocenters. The number of pyridine rings is 1. The summed E-state index contributed by atoms with van der Waals surface area (Å²) in [5, 5.41) is 2.76. The van der Waals surface area contributed by atoms with Crippen LogP contribution in [0, 0.1) is 12.8 Å². The van der Waals surface area contributed by atoms with Gasteiger partial charge in [-0.05, 0) is 24.5 Å². The van der Waals surface area contributed by atoms with E-state index in [-0.39, 0.29) is 11.8 Å². The molecule has 0 aliphatic carbocycles. The molecule has 4 heteroatoms. The van der Waals surface area contributed by atoms with Gasteiger partial charge in [0, 0.05) is 6.20 Å². The largest absolute Gasteiger partial charge is 0.323 e. The summed E-state index contributed by atoms with van der Waals surface area (Å²) in [4.78, 5) is 15.6. The van der Waals surface area contributed by atoms with Crippen molar-refractivity contribution in [1.29, 1.82) is 0 Å². The third-order valence-corrected chi connectivity index (χ3v) is 2.32. The van der Waals surface area contributed by atoms with Crippen LogP contribution in [-0.4, -0.2) is 16.9 Å². The molecule has 1 aromatic heterocycles. The zero-order chi connectivity index (χ0) is 11.4. The second-order valence-electron chi connectivity index (χ2n) is 3.95. The van der Waals surface area contributed by atoms with E-state index in [1.165, 1.54) is 0 Å². The molecule has 0 fully saturated rings. The minimum absolute atomic E-state index is 0.127. The molecule has 0 aliphatic rings. The number of nitrogens with two attached hydrogens (primary N) is 1. The average Bonchev–Trinajstić information content (AvgIpc) is 2.20. The highest BCUT2D eigenvalue weighted by Gasteiger charge is 2.17. The number of anilines is 1. The van der Waals surface area contributed by atoms with Crippen LogP contribution in [0.1, 0.15) is 19.4 Å². The molecule has 0 bridgehead atoms. The van der Waals surface area contributed by atoms with Crippen molar-refractivity contribution in [1.82, 2.24) is 4.98 Å². The monoisotopic (exact) mass is 207 g/mol. The second-order valence-corrected chi connectivity index (χ2v) is 3.95. The fourth-order valence-corrected chi connectivity index (χ4v) is 1.11. The lowest BCUT2D eigenvalue weighted by atomic mass is 10.0. The lowest BCUT2D eigenvalue weighted by Crippen LogP contribution is -2.39. The third kappa shape index (κ3) is 3.02. The molecule has 3 N–H and O–H groups in total. The fraction of sp³-hybridized carbons (Fsp3) is 0.455. The molecule has 0 aromatic carbocycles. The summed E-state index contributed by atoms with van der Waals surface area (Å²) >= 11 is 0. The Hall–Kier alpha value is -1.42. The van der Waals surface area contributed by atoms with Gasteiger partial charge < -0.3 is 11.1 Å². The van der Waals surface area contributed by atoms with E-state index in [1.54, 1.807) is 12.4 Å². The summed E-state index contributed by atoms with van der Waals surface area (Å²) < 4.78 is 0. The van der Waals surface area contributed by atoms with E-state index >= 15 is 0 Å². The number of hydrogen-bond acceptors (Lipinski definition) is 3. The predicted octanol–water partition coefficient (Wildman–Crippen LogP) is 1.31. The lowest BCUT2D eigenvalue weighted by molar-refractivity contribution is -0.118. The molecular formula is C11H17N3O. The first-order valence-corrected chi connectivity index (χ1v) is 4.99. The van der Waals surface area contributed by atoms with E-state index in [2.05, 4.69) is 10.3 Å². The summed E-state index contributed by atoms with van der Waals surface area (Å²) in [6.45, 7) is 5.75. The summed E-state index contributed by atoms with van der Waals surface area (Å²) in [5.74, 6) is -0.0388. The first kappa shape index (κ1) is 11.7. The second kappa shape index (κ2) is 4.89. The molecule has 1 heterocycles. The van der Waals surface area contributed by atoms with Crippen molar-refractivity contribution in [3.63, 3.8) is 0 Å². The van der Waals surface area contributed by atoms with Crippen molar-refractivity contribution in [3.8, 4) is 0 Å². The van der Waals surface area contributed by atoms with Gasteiger partial charge in [-0.25, -0.2) is 0 Å². The van der Waals surface area contributed by atoms with Crippen LogP contribution in [0.4, 0.5) is 5.69 Å². The number of carbonyl (C=O) groups is 1. The Balaban J connectivity index is 2.71. The Morgan fingerprint density at radius 1 is 1.53 bits per heavy atom. The standard InChI is InChI=1S/C11H17N3O/c1-7(2)10(12)11(15)14-9-6-13-5-4-8(9)3/h4-7,10H,12H2,1-3H3,(H,14,15)/t10-/m0/s1. The lowest BCUT2D eigenvalue weighted by Gasteiger charge is -2.15. The molecular weight excluding hydrogens is 190 g/mol. The van der Waals surface area contributed by atoms with E-state index in [0.717, 1.165) is 11.3 Å². The van der Waals surface area contributed by atoms with Crippen molar-refractivity contribution < 1.29 is 4.79 Å². The highest BCUT2D eigenvalue weighted by molar-refractivity contribution is 5.95. The zero-order valence-corrected chi connectivity index (χ0v) is 9.32. The topological polar surface area (TPSA) is 68.0 Å². The first-order chi connectivity index (χ1) is 7.02. The van der Waals surface area contributed by atoms with Gasteiger partial charge in [-0.1, -0.05) is 13.8 Å². The van der Waals surface area contributed by atoms with Crippen molar-refractivity contribution in [2.75, 3.05) is 5.32 Å². The van der Waals surface area contributed by atoms with Gasteiger partial charge in [-0.2, -0.15) is 0 Å². The molecule has 0 saturated heterocycles. The SMILES string of the molecule is Cc1ccncc1NC(=O)[C@@H](N)C(C)C. The van der Waals surface area contributed by atoms with Gasteiger partial charge in [0.1, 0.15) is 0 Å². The Morgan fingerprint density at radius 2 is 2.20 bits per heavy atom. The Morgan fingerprint density at radius 3 is 2.73 bits per heavy atom. The van der Waals surface area contributed by atoms with Crippen LogP contribution >= 0.6 is 0 Å². The van der Waals surface area contributed by atoms with Crippen LogP contribution in [0.15, 0.2) is 18.5 Å². The quantitative estimate of drug-likeness (QED) is 0.785. The summed E-state index contributed by atoms with van der Waals surface area (Å²) in [7, 11) is 0. The molecule has 82 valence electrons. The van der Waals surface area contributed by atoms with E-state index in [4.69, 9.17) is 5.73 Å². The van der Waals surface area contributed by atoms with Crippen LogP contribution in [0.2, 0.25) is 0 Å². The predicted molar refractivity (Wildman–Crippen MR) is 60.4 cm³/mol. The Labute approximate surface area is 89.9 Å². The molecule has 1 rings (SSSR count). The number of nitrogens with one attached hydrogen (secondary N) is 1. The minimum Gasteiger partial charge on any atom is -0.323 e. The Kier molecular flexibility index (Phi) is 3.80.